The Kier molecular flexibility index (Phi) is 6.87. The van der Waals surface area contributed by atoms with E-state index >= 15 is 0 Å². The molecule has 0 unspecified atom stereocenters. The Morgan fingerprint density at radius 3 is 1.65 bits per heavy atom. The summed E-state index contributed by atoms with van der Waals surface area (Å²) in [4.78, 5) is 15.4. The maximum absolute atomic E-state index is 7.54. The molecule has 0 spiro atoms. The number of nitrogens with one attached hydrogen (secondary N) is 1. The van der Waals surface area contributed by atoms with Gasteiger partial charge in [0, 0.05) is 27.8 Å². The number of anilines is 2. The third-order valence-electron chi connectivity index (χ3n) is 10.1. The van der Waals surface area contributed by atoms with Crippen LogP contribution < -0.4 is 11.1 Å². The molecular formula is C47H35N5. The van der Waals surface area contributed by atoms with Crippen LogP contribution in [0.5, 0.6) is 0 Å². The van der Waals surface area contributed by atoms with E-state index in [4.69, 9.17) is 24.8 Å². The summed E-state index contributed by atoms with van der Waals surface area (Å²) in [7, 11) is 0. The number of nitrogens with zero attached hydrogens (tertiary/aromatic N) is 3. The Morgan fingerprint density at radius 1 is 0.481 bits per heavy atom. The maximum atomic E-state index is 7.54. The van der Waals surface area contributed by atoms with Crippen LogP contribution in [0, 0.1) is 0 Å². The van der Waals surface area contributed by atoms with E-state index < -0.39 is 12.4 Å². The van der Waals surface area contributed by atoms with E-state index in [2.05, 4.69) is 108 Å². The second-order valence-corrected chi connectivity index (χ2v) is 12.9. The van der Waals surface area contributed by atoms with Gasteiger partial charge in [-0.2, -0.15) is 0 Å². The van der Waals surface area contributed by atoms with Gasteiger partial charge in [0.05, 0.1) is 16.8 Å². The molecule has 1 aromatic heterocycles. The number of rotatable bonds is 7. The van der Waals surface area contributed by atoms with Crippen LogP contribution in [0.25, 0.3) is 56.4 Å². The monoisotopic (exact) mass is 672 g/mol. The van der Waals surface area contributed by atoms with E-state index in [0.717, 1.165) is 38.9 Å². The van der Waals surface area contributed by atoms with Crippen LogP contribution in [0.2, 0.25) is 0 Å². The maximum Gasteiger partial charge on any atom is 0.164 e. The summed E-state index contributed by atoms with van der Waals surface area (Å²) in [6.07, 6.45) is 0. The fraction of sp³-hybridized carbons (Fsp3) is 0.0426. The van der Waals surface area contributed by atoms with Crippen LogP contribution in [-0.4, -0.2) is 21.9 Å². The topological polar surface area (TPSA) is 76.7 Å². The zero-order valence-corrected chi connectivity index (χ0v) is 28.2. The van der Waals surface area contributed by atoms with Crippen molar-refractivity contribution in [2.75, 3.05) is 18.0 Å². The predicted molar refractivity (Wildman–Crippen MR) is 213 cm³/mol. The highest BCUT2D eigenvalue weighted by atomic mass is 15.0. The third-order valence-corrected chi connectivity index (χ3v) is 10.1. The molecule has 52 heavy (non-hydrogen) atoms. The van der Waals surface area contributed by atoms with Gasteiger partial charge in [-0.25, -0.2) is 15.0 Å². The minimum Gasteiger partial charge on any atom is -0.397 e. The number of nitrogens with two attached hydrogens (primary N) is 1. The molecule has 0 amide bonds. The first kappa shape index (κ1) is 27.9. The molecule has 1 aliphatic rings. The van der Waals surface area contributed by atoms with E-state index in [0.29, 0.717) is 28.8 Å². The van der Waals surface area contributed by atoms with Crippen LogP contribution in [0.1, 0.15) is 26.4 Å². The number of fused-ring (bicyclic) bond motifs is 3. The standard InChI is InChI=1S/C47H35N5/c1-49-42-29-28-34(30-41(42)48)31-24-26-33(27-25-31)45-50-44(32-14-5-2-6-15-32)51-46(52-45)38-21-13-23-40-43(38)37-20-11-12-22-39(37)47(40,35-16-7-3-8-17-35)36-18-9-4-10-19-36/h2-30,49H,48H2,1H3/i1D3. The molecule has 0 aliphatic heterocycles. The fourth-order valence-corrected chi connectivity index (χ4v) is 7.69. The second-order valence-electron chi connectivity index (χ2n) is 12.9. The molecule has 0 saturated heterocycles. The summed E-state index contributed by atoms with van der Waals surface area (Å²) in [5.74, 6) is 1.71. The minimum absolute atomic E-state index is 0.354. The van der Waals surface area contributed by atoms with Crippen LogP contribution in [0.4, 0.5) is 11.4 Å². The van der Waals surface area contributed by atoms with Gasteiger partial charge in [-0.1, -0.05) is 164 Å². The zero-order chi connectivity index (χ0) is 37.6. The lowest BCUT2D eigenvalue weighted by molar-refractivity contribution is 0.768. The molecule has 0 atom stereocenters. The van der Waals surface area contributed by atoms with Gasteiger partial charge in [-0.3, -0.25) is 0 Å². The lowest BCUT2D eigenvalue weighted by Crippen LogP contribution is -2.28. The average molecular weight is 673 g/mol. The Labute approximate surface area is 307 Å². The van der Waals surface area contributed by atoms with Crippen LogP contribution in [-0.2, 0) is 5.41 Å². The normalized spacial score (nSPS) is 13.7. The van der Waals surface area contributed by atoms with Crippen molar-refractivity contribution >= 4 is 11.4 Å². The number of hydrogen-bond acceptors (Lipinski definition) is 5. The molecule has 0 bridgehead atoms. The van der Waals surface area contributed by atoms with Crippen molar-refractivity contribution < 1.29 is 4.11 Å². The van der Waals surface area contributed by atoms with E-state index in [1.54, 1.807) is 12.1 Å². The quantitative estimate of drug-likeness (QED) is 0.165. The minimum atomic E-state index is -2.34. The predicted octanol–water partition coefficient (Wildman–Crippen LogP) is 10.5. The average Bonchev–Trinajstić information content (AvgIpc) is 3.53. The summed E-state index contributed by atoms with van der Waals surface area (Å²) < 4.78 is 22.6. The van der Waals surface area contributed by atoms with E-state index in [9.17, 15) is 0 Å². The highest BCUT2D eigenvalue weighted by molar-refractivity contribution is 5.94. The first-order valence-corrected chi connectivity index (χ1v) is 17.2. The van der Waals surface area contributed by atoms with Crippen molar-refractivity contribution in [1.82, 2.24) is 15.0 Å². The van der Waals surface area contributed by atoms with Crippen LogP contribution in [0.15, 0.2) is 176 Å². The van der Waals surface area contributed by atoms with Gasteiger partial charge in [0.25, 0.3) is 0 Å². The van der Waals surface area contributed by atoms with Crippen molar-refractivity contribution in [3.8, 4) is 56.4 Å². The lowest BCUT2D eigenvalue weighted by Gasteiger charge is -2.33. The van der Waals surface area contributed by atoms with Crippen molar-refractivity contribution in [3.05, 3.63) is 198 Å². The van der Waals surface area contributed by atoms with E-state index in [-0.39, 0.29) is 0 Å². The molecule has 5 heteroatoms. The fourth-order valence-electron chi connectivity index (χ4n) is 7.69. The van der Waals surface area contributed by atoms with E-state index in [1.165, 1.54) is 22.3 Å². The van der Waals surface area contributed by atoms with Crippen molar-refractivity contribution in [2.45, 2.75) is 5.41 Å². The highest BCUT2D eigenvalue weighted by Gasteiger charge is 2.47. The molecule has 9 rings (SSSR count). The van der Waals surface area contributed by atoms with E-state index in [1.807, 2.05) is 60.7 Å². The van der Waals surface area contributed by atoms with Crippen LogP contribution >= 0.6 is 0 Å². The summed E-state index contributed by atoms with van der Waals surface area (Å²) in [5, 5.41) is 2.49. The van der Waals surface area contributed by atoms with Crippen LogP contribution in [0.3, 0.4) is 0 Å². The van der Waals surface area contributed by atoms with Crippen molar-refractivity contribution in [1.29, 1.82) is 0 Å². The molecule has 1 aliphatic carbocycles. The summed E-state index contributed by atoms with van der Waals surface area (Å²) in [6, 6.07) is 59.9. The largest absolute Gasteiger partial charge is 0.397 e. The van der Waals surface area contributed by atoms with Gasteiger partial charge < -0.3 is 11.1 Å². The van der Waals surface area contributed by atoms with Gasteiger partial charge >= 0.3 is 0 Å². The smallest absolute Gasteiger partial charge is 0.164 e. The molecule has 1 heterocycles. The van der Waals surface area contributed by atoms with Crippen molar-refractivity contribution in [2.24, 2.45) is 0 Å². The third kappa shape index (κ3) is 5.05. The second kappa shape index (κ2) is 12.8. The Bertz CT molecular complexity index is 2620. The van der Waals surface area contributed by atoms with Gasteiger partial charge in [-0.15, -0.1) is 0 Å². The number of aromatic nitrogens is 3. The summed E-state index contributed by atoms with van der Waals surface area (Å²) >= 11 is 0. The first-order chi connectivity index (χ1) is 26.8. The Morgan fingerprint density at radius 2 is 1.00 bits per heavy atom. The number of benzene rings is 7. The number of hydrogen-bond donors (Lipinski definition) is 2. The molecule has 3 N–H and O–H groups in total. The molecule has 0 saturated carbocycles. The first-order valence-electron chi connectivity index (χ1n) is 18.7. The summed E-state index contributed by atoms with van der Waals surface area (Å²) in [5.41, 5.74) is 17.9. The van der Waals surface area contributed by atoms with Gasteiger partial charge in [0.2, 0.25) is 0 Å². The Hall–Kier alpha value is -6.85. The SMILES string of the molecule is [2H]C([2H])([2H])Nc1ccc(-c2ccc(-c3nc(-c4ccccc4)nc(-c4cccc5c4-c4ccccc4C5(c4ccccc4)c4ccccc4)n3)cc2)cc1N. The Balaban J connectivity index is 1.21. The molecule has 7 aromatic carbocycles. The molecule has 5 nitrogen and oxygen atoms in total. The highest BCUT2D eigenvalue weighted by Crippen LogP contribution is 2.58. The molecule has 248 valence electrons. The summed E-state index contributed by atoms with van der Waals surface area (Å²) in [6.45, 7) is -2.34. The lowest BCUT2D eigenvalue weighted by atomic mass is 9.67. The number of nitrogen functional groups attached to an aromatic ring is 1. The van der Waals surface area contributed by atoms with Gasteiger partial charge in [-0.05, 0) is 56.6 Å². The molecule has 0 fully saturated rings. The molecular weight excluding hydrogens is 635 g/mol. The zero-order valence-electron chi connectivity index (χ0n) is 31.2. The molecule has 0 radical (unpaired) electrons. The van der Waals surface area contributed by atoms with Crippen molar-refractivity contribution in [3.63, 3.8) is 0 Å². The molecule has 8 aromatic rings. The van der Waals surface area contributed by atoms with Gasteiger partial charge in [0.1, 0.15) is 0 Å². The van der Waals surface area contributed by atoms with Gasteiger partial charge in [0.15, 0.2) is 17.5 Å².